The van der Waals surface area contributed by atoms with Crippen LogP contribution in [0, 0.1) is 0 Å². The van der Waals surface area contributed by atoms with E-state index in [1.807, 2.05) is 30.3 Å². The van der Waals surface area contributed by atoms with Crippen molar-refractivity contribution in [3.8, 4) is 11.5 Å². The molecular weight excluding hydrogens is 328 g/mol. The maximum absolute atomic E-state index is 6.07. The highest BCUT2D eigenvalue weighted by Crippen LogP contribution is 2.31. The quantitative estimate of drug-likeness (QED) is 0.618. The maximum atomic E-state index is 6.07. The molecule has 0 spiro atoms. The molecule has 1 fully saturated rings. The average Bonchev–Trinajstić information content (AvgIpc) is 2.57. The Morgan fingerprint density at radius 3 is 2.62 bits per heavy atom. The molecule has 3 rings (SSSR count). The zero-order valence-corrected chi connectivity index (χ0v) is 14.1. The van der Waals surface area contributed by atoms with Gasteiger partial charge in [-0.05, 0) is 12.1 Å². The van der Waals surface area contributed by atoms with Crippen molar-refractivity contribution < 1.29 is 14.3 Å². The summed E-state index contributed by atoms with van der Waals surface area (Å²) < 4.78 is 11.8. The van der Waals surface area contributed by atoms with Crippen LogP contribution in [0.3, 0.4) is 0 Å². The largest absolute Gasteiger partial charge is 0.484 e. The van der Waals surface area contributed by atoms with E-state index in [2.05, 4.69) is 10.5 Å². The van der Waals surface area contributed by atoms with Gasteiger partial charge in [0.15, 0.2) is 11.5 Å². The number of hydrogen-bond acceptors (Lipinski definition) is 5. The molecule has 6 heteroatoms. The number of oxime groups is 1. The first-order valence-electron chi connectivity index (χ1n) is 7.71. The van der Waals surface area contributed by atoms with Crippen LogP contribution in [0.15, 0.2) is 53.7 Å². The molecule has 1 saturated heterocycles. The molecule has 1 N–H and O–H groups in total. The normalized spacial score (nSPS) is 14.8. The molecule has 0 aliphatic carbocycles. The second-order valence-electron chi connectivity index (χ2n) is 5.36. The Kier molecular flexibility index (Phi) is 5.56. The Hall–Kier alpha value is -2.24. The van der Waals surface area contributed by atoms with Crippen molar-refractivity contribution in [2.75, 3.05) is 26.8 Å². The summed E-state index contributed by atoms with van der Waals surface area (Å²) >= 11 is 6.07. The lowest BCUT2D eigenvalue weighted by atomic mass is 10.1. The molecule has 24 heavy (non-hydrogen) atoms. The van der Waals surface area contributed by atoms with Crippen LogP contribution in [-0.4, -0.2) is 38.6 Å². The third-order valence-corrected chi connectivity index (χ3v) is 3.85. The van der Waals surface area contributed by atoms with Gasteiger partial charge in [-0.3, -0.25) is 0 Å². The van der Waals surface area contributed by atoms with Gasteiger partial charge in [0.1, 0.15) is 25.5 Å². The molecule has 0 saturated carbocycles. The molecule has 0 atom stereocenters. The molecule has 1 aliphatic rings. The minimum atomic E-state index is 0.145. The van der Waals surface area contributed by atoms with Crippen molar-refractivity contribution in [1.29, 1.82) is 0 Å². The van der Waals surface area contributed by atoms with E-state index in [4.69, 9.17) is 25.9 Å². The Bertz CT molecular complexity index is 703. The Morgan fingerprint density at radius 1 is 1.17 bits per heavy atom. The van der Waals surface area contributed by atoms with Crippen LogP contribution in [0.5, 0.6) is 11.5 Å². The molecule has 0 bridgehead atoms. The third-order valence-electron chi connectivity index (χ3n) is 3.62. The SMILES string of the molecule is CON=C(COc1ccc(Cl)cc1OC1CNC1)c1ccccc1. The van der Waals surface area contributed by atoms with E-state index in [0.29, 0.717) is 22.2 Å². The van der Waals surface area contributed by atoms with Crippen LogP contribution < -0.4 is 14.8 Å². The minimum Gasteiger partial charge on any atom is -0.484 e. The Labute approximate surface area is 146 Å². The van der Waals surface area contributed by atoms with E-state index in [-0.39, 0.29) is 12.7 Å². The first kappa shape index (κ1) is 16.6. The highest BCUT2D eigenvalue weighted by molar-refractivity contribution is 6.30. The number of nitrogens with zero attached hydrogens (tertiary/aromatic N) is 1. The van der Waals surface area contributed by atoms with E-state index >= 15 is 0 Å². The van der Waals surface area contributed by atoms with Gasteiger partial charge in [0, 0.05) is 29.7 Å². The van der Waals surface area contributed by atoms with Crippen molar-refractivity contribution in [1.82, 2.24) is 5.32 Å². The van der Waals surface area contributed by atoms with Gasteiger partial charge in [0.2, 0.25) is 0 Å². The number of hydrogen-bond donors (Lipinski definition) is 1. The molecule has 0 amide bonds. The van der Waals surface area contributed by atoms with Crippen LogP contribution in [0.25, 0.3) is 0 Å². The first-order chi connectivity index (χ1) is 11.8. The van der Waals surface area contributed by atoms with Crippen molar-refractivity contribution >= 4 is 17.3 Å². The van der Waals surface area contributed by atoms with Crippen LogP contribution in [0.2, 0.25) is 5.02 Å². The topological polar surface area (TPSA) is 52.1 Å². The van der Waals surface area contributed by atoms with E-state index < -0.39 is 0 Å². The van der Waals surface area contributed by atoms with Gasteiger partial charge in [-0.15, -0.1) is 0 Å². The fourth-order valence-electron chi connectivity index (χ4n) is 2.27. The summed E-state index contributed by atoms with van der Waals surface area (Å²) in [5.74, 6) is 1.27. The lowest BCUT2D eigenvalue weighted by Gasteiger charge is -2.28. The predicted molar refractivity (Wildman–Crippen MR) is 94.2 cm³/mol. The summed E-state index contributed by atoms with van der Waals surface area (Å²) in [7, 11) is 1.52. The highest BCUT2D eigenvalue weighted by atomic mass is 35.5. The monoisotopic (exact) mass is 346 g/mol. The molecule has 2 aromatic carbocycles. The highest BCUT2D eigenvalue weighted by Gasteiger charge is 2.20. The van der Waals surface area contributed by atoms with Crippen LogP contribution >= 0.6 is 11.6 Å². The number of nitrogens with one attached hydrogen (secondary N) is 1. The van der Waals surface area contributed by atoms with Gasteiger partial charge in [0.05, 0.1) is 0 Å². The van der Waals surface area contributed by atoms with Crippen molar-refractivity contribution in [2.24, 2.45) is 5.16 Å². The average molecular weight is 347 g/mol. The molecule has 0 unspecified atom stereocenters. The first-order valence-corrected chi connectivity index (χ1v) is 8.09. The molecule has 0 radical (unpaired) electrons. The molecule has 5 nitrogen and oxygen atoms in total. The predicted octanol–water partition coefficient (Wildman–Crippen LogP) is 3.12. The molecule has 1 heterocycles. The van der Waals surface area contributed by atoms with E-state index in [1.165, 1.54) is 7.11 Å². The van der Waals surface area contributed by atoms with Gasteiger partial charge in [-0.1, -0.05) is 47.1 Å². The second kappa shape index (κ2) is 8.04. The molecule has 0 aromatic heterocycles. The summed E-state index contributed by atoms with van der Waals surface area (Å²) in [6.45, 7) is 1.91. The smallest absolute Gasteiger partial charge is 0.163 e. The summed E-state index contributed by atoms with van der Waals surface area (Å²) in [6, 6.07) is 15.1. The number of ether oxygens (including phenoxy) is 2. The van der Waals surface area contributed by atoms with Crippen molar-refractivity contribution in [3.05, 3.63) is 59.1 Å². The maximum Gasteiger partial charge on any atom is 0.163 e. The van der Waals surface area contributed by atoms with Crippen LogP contribution in [0.1, 0.15) is 5.56 Å². The van der Waals surface area contributed by atoms with Gasteiger partial charge in [0.25, 0.3) is 0 Å². The number of halogens is 1. The molecule has 1 aliphatic heterocycles. The Morgan fingerprint density at radius 2 is 1.96 bits per heavy atom. The summed E-state index contributed by atoms with van der Waals surface area (Å²) in [4.78, 5) is 4.93. The van der Waals surface area contributed by atoms with Crippen LogP contribution in [0.4, 0.5) is 0 Å². The fourth-order valence-corrected chi connectivity index (χ4v) is 2.43. The van der Waals surface area contributed by atoms with Gasteiger partial charge in [-0.2, -0.15) is 0 Å². The van der Waals surface area contributed by atoms with E-state index in [9.17, 15) is 0 Å². The third kappa shape index (κ3) is 4.19. The van der Waals surface area contributed by atoms with E-state index in [1.54, 1.807) is 18.2 Å². The lowest BCUT2D eigenvalue weighted by Crippen LogP contribution is -2.50. The van der Waals surface area contributed by atoms with Gasteiger partial charge >= 0.3 is 0 Å². The molecule has 126 valence electrons. The number of benzene rings is 2. The fraction of sp³-hybridized carbons (Fsp3) is 0.278. The molecular formula is C18H19ClN2O3. The van der Waals surface area contributed by atoms with Gasteiger partial charge < -0.3 is 19.6 Å². The zero-order chi connectivity index (χ0) is 16.8. The minimum absolute atomic E-state index is 0.145. The zero-order valence-electron chi connectivity index (χ0n) is 13.4. The van der Waals surface area contributed by atoms with Crippen molar-refractivity contribution in [3.63, 3.8) is 0 Å². The van der Waals surface area contributed by atoms with Crippen LogP contribution in [-0.2, 0) is 4.84 Å². The Balaban J connectivity index is 1.73. The second-order valence-corrected chi connectivity index (χ2v) is 5.80. The number of rotatable bonds is 7. The lowest BCUT2D eigenvalue weighted by molar-refractivity contribution is 0.136. The van der Waals surface area contributed by atoms with Gasteiger partial charge in [-0.25, -0.2) is 0 Å². The van der Waals surface area contributed by atoms with Crippen molar-refractivity contribution in [2.45, 2.75) is 6.10 Å². The van der Waals surface area contributed by atoms with E-state index in [0.717, 1.165) is 18.7 Å². The standard InChI is InChI=1S/C18H19ClN2O3/c1-22-21-16(13-5-3-2-4-6-13)12-23-17-8-7-14(19)9-18(17)24-15-10-20-11-15/h2-9,15,20H,10-12H2,1H3. The molecule has 2 aromatic rings. The summed E-state index contributed by atoms with van der Waals surface area (Å²) in [5, 5.41) is 7.84. The summed E-state index contributed by atoms with van der Waals surface area (Å²) in [6.07, 6.45) is 0.145. The summed E-state index contributed by atoms with van der Waals surface area (Å²) in [5.41, 5.74) is 1.64.